The van der Waals surface area contributed by atoms with Gasteiger partial charge in [0.05, 0.1) is 17.7 Å². The molecule has 1 saturated heterocycles. The number of aromatic nitrogens is 2. The minimum atomic E-state index is -0.141. The number of rotatable bonds is 5. The van der Waals surface area contributed by atoms with E-state index < -0.39 is 0 Å². The van der Waals surface area contributed by atoms with Gasteiger partial charge >= 0.3 is 0 Å². The van der Waals surface area contributed by atoms with Gasteiger partial charge in [0.1, 0.15) is 5.82 Å². The molecule has 1 aliphatic rings. The third kappa shape index (κ3) is 3.52. The van der Waals surface area contributed by atoms with Crippen LogP contribution in [0.4, 0.5) is 0 Å². The second-order valence-electron chi connectivity index (χ2n) is 5.04. The number of carbonyl (C=O) groups is 1. The van der Waals surface area contributed by atoms with E-state index in [0.717, 1.165) is 25.3 Å². The Morgan fingerprint density at radius 2 is 2.10 bits per heavy atom. The summed E-state index contributed by atoms with van der Waals surface area (Å²) in [6.45, 7) is 6.23. The quantitative estimate of drug-likeness (QED) is 0.849. The molecule has 1 aromatic heterocycles. The van der Waals surface area contributed by atoms with E-state index >= 15 is 0 Å². The number of nitrogens with one attached hydrogen (secondary N) is 1. The summed E-state index contributed by atoms with van der Waals surface area (Å²) in [7, 11) is 2.03. The molecule has 1 aliphatic heterocycles. The highest BCUT2D eigenvalue weighted by atomic mass is 16.5. The average molecular weight is 278 g/mol. The van der Waals surface area contributed by atoms with E-state index in [2.05, 4.69) is 20.2 Å². The lowest BCUT2D eigenvalue weighted by Gasteiger charge is -2.19. The van der Waals surface area contributed by atoms with Crippen molar-refractivity contribution in [3.63, 3.8) is 0 Å². The van der Waals surface area contributed by atoms with Crippen molar-refractivity contribution in [2.24, 2.45) is 0 Å². The van der Waals surface area contributed by atoms with Crippen molar-refractivity contribution < 1.29 is 9.53 Å². The Balaban J connectivity index is 1.98. The summed E-state index contributed by atoms with van der Waals surface area (Å²) in [4.78, 5) is 22.6. The van der Waals surface area contributed by atoms with Crippen LogP contribution in [0.1, 0.15) is 30.0 Å². The third-order valence-electron chi connectivity index (χ3n) is 3.43. The van der Waals surface area contributed by atoms with Gasteiger partial charge in [-0.2, -0.15) is 0 Å². The summed E-state index contributed by atoms with van der Waals surface area (Å²) >= 11 is 0. The van der Waals surface area contributed by atoms with Gasteiger partial charge in [-0.1, -0.05) is 6.92 Å². The standard InChI is InChI=1S/C14H22N4O2/c1-4-13-15-6-10(7-16-13)14(19)17-11-8-18(3)9-12(11)20-5-2/h6-7,11-12H,4-5,8-9H2,1-3H3,(H,17,19)/t11-,12-/m1/s1. The Morgan fingerprint density at radius 1 is 1.40 bits per heavy atom. The molecule has 6 nitrogen and oxygen atoms in total. The molecule has 6 heteroatoms. The Kier molecular flexibility index (Phi) is 5.03. The number of aryl methyl sites for hydroxylation is 1. The van der Waals surface area contributed by atoms with E-state index in [0.29, 0.717) is 12.2 Å². The average Bonchev–Trinajstić information content (AvgIpc) is 2.79. The smallest absolute Gasteiger partial charge is 0.254 e. The predicted molar refractivity (Wildman–Crippen MR) is 75.6 cm³/mol. The van der Waals surface area contributed by atoms with Gasteiger partial charge in [0.15, 0.2) is 0 Å². The number of nitrogens with zero attached hydrogens (tertiary/aromatic N) is 3. The summed E-state index contributed by atoms with van der Waals surface area (Å²) in [6, 6.07) is 0.0123. The van der Waals surface area contributed by atoms with Crippen LogP contribution in [0.25, 0.3) is 0 Å². The van der Waals surface area contributed by atoms with Crippen molar-refractivity contribution in [1.82, 2.24) is 20.2 Å². The number of carbonyl (C=O) groups excluding carboxylic acids is 1. The monoisotopic (exact) mass is 278 g/mol. The summed E-state index contributed by atoms with van der Waals surface area (Å²) in [6.07, 6.45) is 3.97. The van der Waals surface area contributed by atoms with E-state index in [4.69, 9.17) is 4.74 Å². The van der Waals surface area contributed by atoms with Crippen molar-refractivity contribution in [2.45, 2.75) is 32.4 Å². The molecule has 0 aromatic carbocycles. The molecule has 0 saturated carbocycles. The SMILES string of the molecule is CCO[C@@H]1CN(C)C[C@H]1NC(=O)c1cnc(CC)nc1. The van der Waals surface area contributed by atoms with Gasteiger partial charge in [0, 0.05) is 38.5 Å². The van der Waals surface area contributed by atoms with Crippen LogP contribution in [-0.4, -0.2) is 59.7 Å². The van der Waals surface area contributed by atoms with Gasteiger partial charge in [0.2, 0.25) is 0 Å². The molecule has 0 unspecified atom stereocenters. The van der Waals surface area contributed by atoms with E-state index in [-0.39, 0.29) is 18.1 Å². The first-order chi connectivity index (χ1) is 9.63. The van der Waals surface area contributed by atoms with Crippen LogP contribution in [-0.2, 0) is 11.2 Å². The highest BCUT2D eigenvalue weighted by Gasteiger charge is 2.32. The van der Waals surface area contributed by atoms with Crippen molar-refractivity contribution >= 4 is 5.91 Å². The zero-order chi connectivity index (χ0) is 14.5. The van der Waals surface area contributed by atoms with Gasteiger partial charge < -0.3 is 15.0 Å². The maximum absolute atomic E-state index is 12.2. The normalized spacial score (nSPS) is 22.9. The summed E-state index contributed by atoms with van der Waals surface area (Å²) in [5.74, 6) is 0.604. The second-order valence-corrected chi connectivity index (χ2v) is 5.04. The molecule has 1 aromatic rings. The Labute approximate surface area is 119 Å². The first-order valence-electron chi connectivity index (χ1n) is 7.06. The molecule has 2 atom stereocenters. The fourth-order valence-corrected chi connectivity index (χ4v) is 2.39. The second kappa shape index (κ2) is 6.76. The van der Waals surface area contributed by atoms with Crippen LogP contribution in [0.2, 0.25) is 0 Å². The molecule has 2 heterocycles. The molecule has 1 N–H and O–H groups in total. The van der Waals surface area contributed by atoms with Crippen LogP contribution in [0.5, 0.6) is 0 Å². The van der Waals surface area contributed by atoms with Crippen LogP contribution in [0, 0.1) is 0 Å². The van der Waals surface area contributed by atoms with E-state index in [1.165, 1.54) is 0 Å². The summed E-state index contributed by atoms with van der Waals surface area (Å²) in [5.41, 5.74) is 0.493. The fraction of sp³-hybridized carbons (Fsp3) is 0.643. The summed E-state index contributed by atoms with van der Waals surface area (Å²) in [5, 5.41) is 3.01. The van der Waals surface area contributed by atoms with Gasteiger partial charge in [-0.05, 0) is 14.0 Å². The number of hydrogen-bond donors (Lipinski definition) is 1. The number of ether oxygens (including phenoxy) is 1. The molecule has 1 amide bonds. The molecular formula is C14H22N4O2. The minimum Gasteiger partial charge on any atom is -0.375 e. The topological polar surface area (TPSA) is 67.3 Å². The minimum absolute atomic E-state index is 0.0123. The van der Waals surface area contributed by atoms with Crippen molar-refractivity contribution in [3.05, 3.63) is 23.8 Å². The van der Waals surface area contributed by atoms with Gasteiger partial charge in [-0.3, -0.25) is 4.79 Å². The van der Waals surface area contributed by atoms with Crippen LogP contribution in [0.15, 0.2) is 12.4 Å². The van der Waals surface area contributed by atoms with Crippen molar-refractivity contribution in [1.29, 1.82) is 0 Å². The molecule has 110 valence electrons. The highest BCUT2D eigenvalue weighted by Crippen LogP contribution is 2.12. The van der Waals surface area contributed by atoms with Crippen molar-refractivity contribution in [3.8, 4) is 0 Å². The number of amides is 1. The fourth-order valence-electron chi connectivity index (χ4n) is 2.39. The van der Waals surface area contributed by atoms with Gasteiger partial charge in [-0.15, -0.1) is 0 Å². The first-order valence-corrected chi connectivity index (χ1v) is 7.06. The number of hydrogen-bond acceptors (Lipinski definition) is 5. The lowest BCUT2D eigenvalue weighted by molar-refractivity contribution is 0.0513. The number of likely N-dealkylation sites (N-methyl/N-ethyl adjacent to an activating group) is 1. The molecule has 0 radical (unpaired) electrons. The number of likely N-dealkylation sites (tertiary alicyclic amines) is 1. The van der Waals surface area contributed by atoms with Gasteiger partial charge in [0.25, 0.3) is 5.91 Å². The molecule has 2 rings (SSSR count). The highest BCUT2D eigenvalue weighted by molar-refractivity contribution is 5.93. The van der Waals surface area contributed by atoms with E-state index in [1.54, 1.807) is 12.4 Å². The lowest BCUT2D eigenvalue weighted by atomic mass is 10.2. The van der Waals surface area contributed by atoms with E-state index in [9.17, 15) is 4.79 Å². The van der Waals surface area contributed by atoms with Crippen LogP contribution < -0.4 is 5.32 Å². The zero-order valence-electron chi connectivity index (χ0n) is 12.3. The molecular weight excluding hydrogens is 256 g/mol. The molecule has 1 fully saturated rings. The molecule has 0 spiro atoms. The van der Waals surface area contributed by atoms with Gasteiger partial charge in [-0.25, -0.2) is 9.97 Å². The third-order valence-corrected chi connectivity index (χ3v) is 3.43. The first kappa shape index (κ1) is 14.9. The Hall–Kier alpha value is -1.53. The largest absolute Gasteiger partial charge is 0.375 e. The zero-order valence-corrected chi connectivity index (χ0v) is 12.3. The van der Waals surface area contributed by atoms with Crippen molar-refractivity contribution in [2.75, 3.05) is 26.7 Å². The molecule has 0 bridgehead atoms. The van der Waals surface area contributed by atoms with Crippen LogP contribution in [0.3, 0.4) is 0 Å². The van der Waals surface area contributed by atoms with E-state index in [1.807, 2.05) is 20.9 Å². The lowest BCUT2D eigenvalue weighted by Crippen LogP contribution is -2.44. The maximum atomic E-state index is 12.2. The summed E-state index contributed by atoms with van der Waals surface area (Å²) < 4.78 is 5.67. The predicted octanol–water partition coefficient (Wildman–Crippen LogP) is 0.488. The van der Waals surface area contributed by atoms with Crippen LogP contribution >= 0.6 is 0 Å². The Morgan fingerprint density at radius 3 is 2.70 bits per heavy atom. The molecule has 0 aliphatic carbocycles. The molecule has 20 heavy (non-hydrogen) atoms. The maximum Gasteiger partial charge on any atom is 0.254 e. The Bertz CT molecular complexity index is 449.